The van der Waals surface area contributed by atoms with Crippen molar-refractivity contribution >= 4 is 14.1 Å². The molecular formula is C19H36O2Si. The minimum atomic E-state index is -1.45. The second-order valence-corrected chi connectivity index (χ2v) is 14.0. The van der Waals surface area contributed by atoms with Crippen molar-refractivity contribution in [1.82, 2.24) is 0 Å². The molecule has 0 unspecified atom stereocenters. The van der Waals surface area contributed by atoms with Crippen molar-refractivity contribution in [2.24, 2.45) is 11.3 Å². The van der Waals surface area contributed by atoms with Crippen LogP contribution in [-0.2, 0) is 9.22 Å². The summed E-state index contributed by atoms with van der Waals surface area (Å²) in [5, 5.41) is 0. The van der Waals surface area contributed by atoms with Crippen LogP contribution in [0.4, 0.5) is 0 Å². The van der Waals surface area contributed by atoms with Gasteiger partial charge in [0.2, 0.25) is 0 Å². The number of hydrogen-bond donors (Lipinski definition) is 0. The number of carbonyl (C=O) groups excluding carboxylic acids is 1. The monoisotopic (exact) mass is 324 g/mol. The molecular weight excluding hydrogens is 288 g/mol. The van der Waals surface area contributed by atoms with Gasteiger partial charge in [0.15, 0.2) is 8.32 Å². The molecule has 0 bridgehead atoms. The summed E-state index contributed by atoms with van der Waals surface area (Å²) in [6.07, 6.45) is 11.9. The van der Waals surface area contributed by atoms with Crippen LogP contribution in [-0.4, -0.2) is 19.7 Å². The van der Waals surface area contributed by atoms with Gasteiger partial charge in [-0.05, 0) is 83.3 Å². The number of ketones is 1. The fourth-order valence-corrected chi connectivity index (χ4v) is 6.67. The summed E-state index contributed by atoms with van der Waals surface area (Å²) in [5.74, 6) is 1.38. The van der Waals surface area contributed by atoms with E-state index in [9.17, 15) is 4.79 Å². The van der Waals surface area contributed by atoms with E-state index in [0.29, 0.717) is 11.2 Å². The van der Waals surface area contributed by atoms with Crippen molar-refractivity contribution in [3.63, 3.8) is 0 Å². The van der Waals surface area contributed by atoms with Crippen molar-refractivity contribution in [3.05, 3.63) is 0 Å². The number of carbonyl (C=O) groups is 1. The molecule has 2 saturated carbocycles. The number of rotatable bonds is 6. The average Bonchev–Trinajstić information content (AvgIpc) is 2.68. The van der Waals surface area contributed by atoms with Crippen LogP contribution >= 0.6 is 0 Å². The summed E-state index contributed by atoms with van der Waals surface area (Å²) in [5.41, 5.74) is 0.436. The zero-order valence-corrected chi connectivity index (χ0v) is 16.5. The molecule has 0 aromatic carbocycles. The fraction of sp³-hybridized carbons (Fsp3) is 0.947. The van der Waals surface area contributed by atoms with Gasteiger partial charge in [-0.2, -0.15) is 0 Å². The molecule has 2 aliphatic carbocycles. The van der Waals surface area contributed by atoms with Gasteiger partial charge in [-0.1, -0.05) is 12.8 Å². The fourth-order valence-electron chi connectivity index (χ4n) is 4.91. The third-order valence-corrected chi connectivity index (χ3v) is 6.68. The molecule has 0 amide bonds. The molecule has 0 N–H and O–H groups in total. The van der Waals surface area contributed by atoms with E-state index in [1.807, 2.05) is 0 Å². The Morgan fingerprint density at radius 1 is 1.27 bits per heavy atom. The maximum atomic E-state index is 11.8. The second-order valence-electron chi connectivity index (χ2n) is 9.54. The van der Waals surface area contributed by atoms with Crippen molar-refractivity contribution in [2.45, 2.75) is 103 Å². The van der Waals surface area contributed by atoms with E-state index >= 15 is 0 Å². The lowest BCUT2D eigenvalue weighted by molar-refractivity contribution is -0.123. The zero-order valence-electron chi connectivity index (χ0n) is 15.5. The van der Waals surface area contributed by atoms with Gasteiger partial charge in [0, 0.05) is 12.8 Å². The van der Waals surface area contributed by atoms with Gasteiger partial charge in [0.1, 0.15) is 5.78 Å². The van der Waals surface area contributed by atoms with Crippen molar-refractivity contribution in [1.29, 1.82) is 0 Å². The van der Waals surface area contributed by atoms with Gasteiger partial charge in [0.05, 0.1) is 5.60 Å². The third-order valence-electron chi connectivity index (χ3n) is 5.51. The van der Waals surface area contributed by atoms with Crippen molar-refractivity contribution in [3.8, 4) is 0 Å². The Hall–Kier alpha value is -0.153. The van der Waals surface area contributed by atoms with Crippen molar-refractivity contribution < 1.29 is 9.22 Å². The second kappa shape index (κ2) is 6.76. The Bertz CT molecular complexity index is 397. The van der Waals surface area contributed by atoms with Crippen LogP contribution in [0.1, 0.15) is 78.1 Å². The molecule has 2 fully saturated rings. The summed E-state index contributed by atoms with van der Waals surface area (Å²) >= 11 is 0. The van der Waals surface area contributed by atoms with Gasteiger partial charge in [-0.3, -0.25) is 4.79 Å². The first-order chi connectivity index (χ1) is 10.1. The number of Topliss-reactive ketones (excluding diaryl/α,β-unsaturated/α-hetero) is 1. The molecule has 0 heterocycles. The minimum Gasteiger partial charge on any atom is -0.413 e. The van der Waals surface area contributed by atoms with Gasteiger partial charge < -0.3 is 4.43 Å². The van der Waals surface area contributed by atoms with Gasteiger partial charge in [-0.15, -0.1) is 0 Å². The summed E-state index contributed by atoms with van der Waals surface area (Å²) in [7, 11) is -1.45. The highest BCUT2D eigenvalue weighted by Gasteiger charge is 2.41. The Morgan fingerprint density at radius 3 is 2.64 bits per heavy atom. The minimum absolute atomic E-state index is 0.0293. The van der Waals surface area contributed by atoms with E-state index in [2.05, 4.69) is 33.5 Å². The summed E-state index contributed by atoms with van der Waals surface area (Å²) < 4.78 is 6.31. The SMILES string of the molecule is CC(C)(CCC[C@H]1CC[C@@]2(CCCC(=O)C2)C1)O[Si](C)(C)C. The maximum absolute atomic E-state index is 11.8. The van der Waals surface area contributed by atoms with E-state index in [-0.39, 0.29) is 5.60 Å². The van der Waals surface area contributed by atoms with Crippen LogP contribution < -0.4 is 0 Å². The topological polar surface area (TPSA) is 26.3 Å². The van der Waals surface area contributed by atoms with Crippen LogP contribution in [0.5, 0.6) is 0 Å². The molecule has 22 heavy (non-hydrogen) atoms. The first-order valence-corrected chi connectivity index (χ1v) is 12.7. The van der Waals surface area contributed by atoms with Gasteiger partial charge in [0.25, 0.3) is 0 Å². The Labute approximate surface area is 138 Å². The molecule has 128 valence electrons. The molecule has 0 saturated heterocycles. The average molecular weight is 325 g/mol. The Kier molecular flexibility index (Phi) is 5.59. The zero-order chi connectivity index (χ0) is 16.4. The lowest BCUT2D eigenvalue weighted by atomic mass is 9.72. The van der Waals surface area contributed by atoms with E-state index < -0.39 is 8.32 Å². The molecule has 0 radical (unpaired) electrons. The molecule has 2 nitrogen and oxygen atoms in total. The predicted octanol–water partition coefficient (Wildman–Crippen LogP) is 5.72. The van der Waals surface area contributed by atoms with Gasteiger partial charge in [-0.25, -0.2) is 0 Å². The third kappa shape index (κ3) is 5.49. The molecule has 0 aliphatic heterocycles. The van der Waals surface area contributed by atoms with Crippen LogP contribution in [0.25, 0.3) is 0 Å². The maximum Gasteiger partial charge on any atom is 0.184 e. The summed E-state index contributed by atoms with van der Waals surface area (Å²) in [4.78, 5) is 11.8. The largest absolute Gasteiger partial charge is 0.413 e. The lowest BCUT2D eigenvalue weighted by Crippen LogP contribution is -2.38. The van der Waals surface area contributed by atoms with E-state index in [4.69, 9.17) is 4.43 Å². The molecule has 1 spiro atoms. The van der Waals surface area contributed by atoms with E-state index in [1.54, 1.807) is 0 Å². The normalized spacial score (nSPS) is 30.2. The standard InChI is InChI=1S/C19H36O2Si/c1-18(2,21-22(3,4)5)11-6-8-16-10-13-19(14-16)12-7-9-17(20)15-19/h16H,6-15H2,1-5H3/t16-,19-/m0/s1. The molecule has 2 rings (SSSR count). The first-order valence-electron chi connectivity index (χ1n) is 9.31. The van der Waals surface area contributed by atoms with Crippen LogP contribution in [0, 0.1) is 11.3 Å². The van der Waals surface area contributed by atoms with Crippen molar-refractivity contribution in [2.75, 3.05) is 0 Å². The van der Waals surface area contributed by atoms with Crippen LogP contribution in [0.15, 0.2) is 0 Å². The lowest BCUT2D eigenvalue weighted by Gasteiger charge is -2.34. The quantitative estimate of drug-likeness (QED) is 0.584. The number of hydrogen-bond acceptors (Lipinski definition) is 2. The molecule has 0 aromatic rings. The highest BCUT2D eigenvalue weighted by molar-refractivity contribution is 6.69. The predicted molar refractivity (Wildman–Crippen MR) is 95.6 cm³/mol. The Balaban J connectivity index is 1.73. The highest BCUT2D eigenvalue weighted by atomic mass is 28.4. The van der Waals surface area contributed by atoms with Gasteiger partial charge >= 0.3 is 0 Å². The highest BCUT2D eigenvalue weighted by Crippen LogP contribution is 2.51. The molecule has 2 aliphatic rings. The summed E-state index contributed by atoms with van der Waals surface area (Å²) in [6.45, 7) is 11.3. The smallest absolute Gasteiger partial charge is 0.184 e. The van der Waals surface area contributed by atoms with E-state index in [1.165, 1.54) is 44.9 Å². The molecule has 3 heteroatoms. The summed E-state index contributed by atoms with van der Waals surface area (Å²) in [6, 6.07) is 0. The van der Waals surface area contributed by atoms with E-state index in [0.717, 1.165) is 25.2 Å². The van der Waals surface area contributed by atoms with Crippen LogP contribution in [0.3, 0.4) is 0 Å². The molecule has 2 atom stereocenters. The molecule has 0 aromatic heterocycles. The first kappa shape index (κ1) is 18.2. The van der Waals surface area contributed by atoms with Crippen LogP contribution in [0.2, 0.25) is 19.6 Å². The Morgan fingerprint density at radius 2 is 2.00 bits per heavy atom.